The fourth-order valence-electron chi connectivity index (χ4n) is 1.59. The van der Waals surface area contributed by atoms with Gasteiger partial charge in [0.2, 0.25) is 0 Å². The highest BCUT2D eigenvalue weighted by atomic mass is 15.2. The van der Waals surface area contributed by atoms with Crippen molar-refractivity contribution in [2.45, 2.75) is 0 Å². The first-order chi connectivity index (χ1) is 8.24. The van der Waals surface area contributed by atoms with Crippen LogP contribution in [-0.2, 0) is 0 Å². The van der Waals surface area contributed by atoms with Crippen LogP contribution in [0, 0.1) is 11.3 Å². The van der Waals surface area contributed by atoms with Crippen LogP contribution in [0.5, 0.6) is 0 Å². The van der Waals surface area contributed by atoms with Crippen molar-refractivity contribution in [1.82, 2.24) is 9.97 Å². The van der Waals surface area contributed by atoms with E-state index in [1.54, 1.807) is 11.0 Å². The van der Waals surface area contributed by atoms with Crippen molar-refractivity contribution in [2.24, 2.45) is 0 Å². The first-order valence-corrected chi connectivity index (χ1v) is 5.02. The molecule has 2 aromatic rings. The number of hydrogen-bond donors (Lipinski definition) is 1. The lowest BCUT2D eigenvalue weighted by atomic mass is 10.2. The smallest absolute Gasteiger partial charge is 0.159 e. The Kier molecular flexibility index (Phi) is 2.88. The second-order valence-electron chi connectivity index (χ2n) is 3.49. The van der Waals surface area contributed by atoms with E-state index in [1.165, 1.54) is 12.5 Å². The van der Waals surface area contributed by atoms with Crippen molar-refractivity contribution >= 4 is 17.2 Å². The van der Waals surface area contributed by atoms with Gasteiger partial charge in [-0.25, -0.2) is 9.97 Å². The number of rotatable bonds is 2. The van der Waals surface area contributed by atoms with Gasteiger partial charge in [-0.3, -0.25) is 0 Å². The third kappa shape index (κ3) is 2.01. The molecular formula is C12H11N5. The fourth-order valence-corrected chi connectivity index (χ4v) is 1.59. The summed E-state index contributed by atoms with van der Waals surface area (Å²) >= 11 is 0. The summed E-state index contributed by atoms with van der Waals surface area (Å²) in [7, 11) is 1.81. The van der Waals surface area contributed by atoms with Crippen LogP contribution in [0.4, 0.5) is 17.2 Å². The third-order valence-electron chi connectivity index (χ3n) is 2.42. The van der Waals surface area contributed by atoms with Gasteiger partial charge in [0.1, 0.15) is 12.4 Å². The van der Waals surface area contributed by atoms with Gasteiger partial charge in [-0.05, 0) is 12.1 Å². The SMILES string of the molecule is CN(c1ccccc1C#N)c1ncncc1N. The van der Waals surface area contributed by atoms with Gasteiger partial charge in [-0.2, -0.15) is 5.26 Å². The number of para-hydroxylation sites is 1. The standard InChI is InChI=1S/C12H11N5/c1-17(12-10(14)7-15-8-16-12)11-5-3-2-4-9(11)6-13/h2-5,7-8H,14H2,1H3. The van der Waals surface area contributed by atoms with E-state index in [1.807, 2.05) is 25.2 Å². The number of aromatic nitrogens is 2. The predicted octanol–water partition coefficient (Wildman–Crippen LogP) is 1.70. The van der Waals surface area contributed by atoms with Crippen LogP contribution < -0.4 is 10.6 Å². The lowest BCUT2D eigenvalue weighted by Crippen LogP contribution is -2.14. The molecule has 0 aliphatic rings. The quantitative estimate of drug-likeness (QED) is 0.841. The van der Waals surface area contributed by atoms with E-state index < -0.39 is 0 Å². The fraction of sp³-hybridized carbons (Fsp3) is 0.0833. The van der Waals surface area contributed by atoms with Crippen molar-refractivity contribution in [3.63, 3.8) is 0 Å². The molecule has 0 fully saturated rings. The molecule has 0 atom stereocenters. The van der Waals surface area contributed by atoms with Crippen LogP contribution >= 0.6 is 0 Å². The van der Waals surface area contributed by atoms with Gasteiger partial charge in [0.15, 0.2) is 5.82 Å². The van der Waals surface area contributed by atoms with Crippen LogP contribution in [0.1, 0.15) is 5.56 Å². The molecule has 0 amide bonds. The molecule has 0 saturated heterocycles. The minimum absolute atomic E-state index is 0.475. The minimum Gasteiger partial charge on any atom is -0.394 e. The Balaban J connectivity index is 2.48. The van der Waals surface area contributed by atoms with Gasteiger partial charge in [-0.1, -0.05) is 12.1 Å². The number of anilines is 3. The molecule has 1 aromatic heterocycles. The molecule has 17 heavy (non-hydrogen) atoms. The van der Waals surface area contributed by atoms with Crippen LogP contribution in [0.2, 0.25) is 0 Å². The van der Waals surface area contributed by atoms with Gasteiger partial charge >= 0.3 is 0 Å². The van der Waals surface area contributed by atoms with E-state index in [9.17, 15) is 0 Å². The van der Waals surface area contributed by atoms with Gasteiger partial charge in [0.25, 0.3) is 0 Å². The maximum atomic E-state index is 9.04. The average Bonchev–Trinajstić information content (AvgIpc) is 2.38. The highest BCUT2D eigenvalue weighted by Gasteiger charge is 2.12. The zero-order valence-electron chi connectivity index (χ0n) is 9.33. The number of nitrogens with two attached hydrogens (primary N) is 1. The monoisotopic (exact) mass is 225 g/mol. The Morgan fingerprint density at radius 3 is 2.82 bits per heavy atom. The van der Waals surface area contributed by atoms with E-state index >= 15 is 0 Å². The van der Waals surface area contributed by atoms with Gasteiger partial charge in [0, 0.05) is 7.05 Å². The Bertz CT molecular complexity index is 573. The van der Waals surface area contributed by atoms with Crippen molar-refractivity contribution < 1.29 is 0 Å². The lowest BCUT2D eigenvalue weighted by Gasteiger charge is -2.20. The van der Waals surface area contributed by atoms with E-state index in [2.05, 4.69) is 16.0 Å². The molecule has 0 aliphatic heterocycles. The van der Waals surface area contributed by atoms with Gasteiger partial charge in [0.05, 0.1) is 23.1 Å². The molecule has 0 unspecified atom stereocenters. The lowest BCUT2D eigenvalue weighted by molar-refractivity contribution is 1.08. The number of benzene rings is 1. The Morgan fingerprint density at radius 1 is 1.35 bits per heavy atom. The topological polar surface area (TPSA) is 78.8 Å². The molecule has 84 valence electrons. The largest absolute Gasteiger partial charge is 0.394 e. The molecule has 0 spiro atoms. The number of nitrogens with zero attached hydrogens (tertiary/aromatic N) is 4. The molecule has 0 bridgehead atoms. The second-order valence-corrected chi connectivity index (χ2v) is 3.49. The summed E-state index contributed by atoms with van der Waals surface area (Å²) in [6, 6.07) is 9.42. The summed E-state index contributed by atoms with van der Waals surface area (Å²) < 4.78 is 0. The molecule has 0 aliphatic carbocycles. The van der Waals surface area contributed by atoms with Crippen molar-refractivity contribution in [2.75, 3.05) is 17.7 Å². The van der Waals surface area contributed by atoms with Crippen LogP contribution in [-0.4, -0.2) is 17.0 Å². The number of nitrogen functional groups attached to an aromatic ring is 1. The summed E-state index contributed by atoms with van der Waals surface area (Å²) in [5.74, 6) is 0.586. The first-order valence-electron chi connectivity index (χ1n) is 5.02. The van der Waals surface area contributed by atoms with Crippen LogP contribution in [0.3, 0.4) is 0 Å². The van der Waals surface area contributed by atoms with Gasteiger partial charge in [-0.15, -0.1) is 0 Å². The number of hydrogen-bond acceptors (Lipinski definition) is 5. The van der Waals surface area contributed by atoms with E-state index in [0.29, 0.717) is 17.1 Å². The molecule has 1 aromatic carbocycles. The number of nitriles is 1. The minimum atomic E-state index is 0.475. The molecular weight excluding hydrogens is 214 g/mol. The van der Waals surface area contributed by atoms with E-state index in [4.69, 9.17) is 11.0 Å². The van der Waals surface area contributed by atoms with Gasteiger partial charge < -0.3 is 10.6 Å². The molecule has 0 radical (unpaired) electrons. The summed E-state index contributed by atoms with van der Waals surface area (Å²) in [4.78, 5) is 9.72. The van der Waals surface area contributed by atoms with Crippen molar-refractivity contribution in [3.05, 3.63) is 42.4 Å². The van der Waals surface area contributed by atoms with Crippen molar-refractivity contribution in [1.29, 1.82) is 5.26 Å². The predicted molar refractivity (Wildman–Crippen MR) is 65.7 cm³/mol. The zero-order valence-corrected chi connectivity index (χ0v) is 9.33. The molecule has 1 heterocycles. The first kappa shape index (κ1) is 10.9. The molecule has 5 heteroatoms. The average molecular weight is 225 g/mol. The molecule has 2 rings (SSSR count). The normalized spacial score (nSPS) is 9.65. The summed E-state index contributed by atoms with van der Waals surface area (Å²) in [6.07, 6.45) is 2.96. The zero-order chi connectivity index (χ0) is 12.3. The maximum Gasteiger partial charge on any atom is 0.159 e. The Labute approximate surface area is 99.1 Å². The highest BCUT2D eigenvalue weighted by Crippen LogP contribution is 2.27. The highest BCUT2D eigenvalue weighted by molar-refractivity contribution is 5.73. The van der Waals surface area contributed by atoms with E-state index in [0.717, 1.165) is 5.69 Å². The summed E-state index contributed by atoms with van der Waals surface area (Å²) in [5, 5.41) is 9.04. The van der Waals surface area contributed by atoms with Crippen molar-refractivity contribution in [3.8, 4) is 6.07 Å². The second kappa shape index (κ2) is 4.49. The maximum absolute atomic E-state index is 9.04. The Hall–Kier alpha value is -2.61. The van der Waals surface area contributed by atoms with Crippen LogP contribution in [0.25, 0.3) is 0 Å². The molecule has 2 N–H and O–H groups in total. The summed E-state index contributed by atoms with van der Waals surface area (Å²) in [6.45, 7) is 0. The van der Waals surface area contributed by atoms with E-state index in [-0.39, 0.29) is 0 Å². The summed E-state index contributed by atoms with van der Waals surface area (Å²) in [5.41, 5.74) is 7.62. The molecule has 0 saturated carbocycles. The Morgan fingerprint density at radius 2 is 2.12 bits per heavy atom. The van der Waals surface area contributed by atoms with Crippen LogP contribution in [0.15, 0.2) is 36.8 Å². The molecule has 5 nitrogen and oxygen atoms in total. The third-order valence-corrected chi connectivity index (χ3v) is 2.42.